The van der Waals surface area contributed by atoms with Crippen molar-refractivity contribution in [1.82, 2.24) is 0 Å². The standard InChI is InChI=1S/C17H12Cl2O4S/c1-24(21,22)12-5-2-10(3-6-12)13-9-23-17(20)16(13)11-4-7-14(18)15(19)8-11/h2-8H,9H2,1H3. The first-order chi connectivity index (χ1) is 11.3. The fourth-order valence-corrected chi connectivity index (χ4v) is 3.41. The molecule has 0 radical (unpaired) electrons. The molecule has 7 heteroatoms. The normalized spacial score (nSPS) is 14.9. The van der Waals surface area contributed by atoms with Crippen molar-refractivity contribution >= 4 is 50.2 Å². The lowest BCUT2D eigenvalue weighted by molar-refractivity contribution is -0.133. The number of carbonyl (C=O) groups excluding carboxylic acids is 1. The third-order valence-corrected chi connectivity index (χ3v) is 5.56. The molecule has 0 saturated heterocycles. The Bertz CT molecular complexity index is 961. The van der Waals surface area contributed by atoms with Crippen LogP contribution in [-0.4, -0.2) is 27.2 Å². The van der Waals surface area contributed by atoms with E-state index in [0.29, 0.717) is 32.3 Å². The molecule has 0 aliphatic carbocycles. The molecule has 0 saturated carbocycles. The van der Waals surface area contributed by atoms with Gasteiger partial charge in [0.2, 0.25) is 0 Å². The number of sulfone groups is 1. The zero-order valence-electron chi connectivity index (χ0n) is 12.5. The Hall–Kier alpha value is -1.82. The average Bonchev–Trinajstić information content (AvgIpc) is 2.91. The van der Waals surface area contributed by atoms with Crippen molar-refractivity contribution in [3.8, 4) is 0 Å². The molecule has 0 unspecified atom stereocenters. The van der Waals surface area contributed by atoms with Crippen LogP contribution in [0.15, 0.2) is 47.4 Å². The summed E-state index contributed by atoms with van der Waals surface area (Å²) in [6.07, 6.45) is 1.14. The number of rotatable bonds is 3. The number of benzene rings is 2. The lowest BCUT2D eigenvalue weighted by atomic mass is 9.97. The molecular formula is C17H12Cl2O4S. The Balaban J connectivity index is 2.11. The summed E-state index contributed by atoms with van der Waals surface area (Å²) < 4.78 is 28.3. The van der Waals surface area contributed by atoms with E-state index < -0.39 is 15.8 Å². The Morgan fingerprint density at radius 3 is 2.17 bits per heavy atom. The highest BCUT2D eigenvalue weighted by Crippen LogP contribution is 2.35. The minimum Gasteiger partial charge on any atom is -0.457 e. The number of hydrogen-bond acceptors (Lipinski definition) is 4. The van der Waals surface area contributed by atoms with Crippen LogP contribution in [0.25, 0.3) is 11.1 Å². The van der Waals surface area contributed by atoms with E-state index in [4.69, 9.17) is 27.9 Å². The van der Waals surface area contributed by atoms with Gasteiger partial charge in [0.15, 0.2) is 9.84 Å². The van der Waals surface area contributed by atoms with Crippen molar-refractivity contribution in [2.45, 2.75) is 4.90 Å². The first kappa shape index (κ1) is 17.0. The molecule has 0 spiro atoms. The zero-order valence-corrected chi connectivity index (χ0v) is 14.9. The van der Waals surface area contributed by atoms with Crippen molar-refractivity contribution in [2.75, 3.05) is 12.9 Å². The van der Waals surface area contributed by atoms with Crippen LogP contribution < -0.4 is 0 Å². The van der Waals surface area contributed by atoms with Gasteiger partial charge >= 0.3 is 5.97 Å². The molecule has 0 amide bonds. The van der Waals surface area contributed by atoms with Gasteiger partial charge in [-0.15, -0.1) is 0 Å². The highest BCUT2D eigenvalue weighted by molar-refractivity contribution is 7.90. The second-order valence-corrected chi connectivity index (χ2v) is 8.19. The van der Waals surface area contributed by atoms with Crippen LogP contribution in [0.2, 0.25) is 10.0 Å². The van der Waals surface area contributed by atoms with Crippen molar-refractivity contribution < 1.29 is 17.9 Å². The van der Waals surface area contributed by atoms with Gasteiger partial charge in [-0.3, -0.25) is 0 Å². The molecule has 24 heavy (non-hydrogen) atoms. The topological polar surface area (TPSA) is 60.4 Å². The summed E-state index contributed by atoms with van der Waals surface area (Å²) in [6, 6.07) is 11.2. The van der Waals surface area contributed by atoms with Crippen LogP contribution in [0.1, 0.15) is 11.1 Å². The summed E-state index contributed by atoms with van der Waals surface area (Å²) in [4.78, 5) is 12.3. The highest BCUT2D eigenvalue weighted by atomic mass is 35.5. The van der Waals surface area contributed by atoms with Crippen LogP contribution in [0, 0.1) is 0 Å². The third-order valence-electron chi connectivity index (χ3n) is 3.69. The van der Waals surface area contributed by atoms with Crippen molar-refractivity contribution in [2.24, 2.45) is 0 Å². The molecule has 4 nitrogen and oxygen atoms in total. The average molecular weight is 383 g/mol. The minimum absolute atomic E-state index is 0.118. The summed E-state index contributed by atoms with van der Waals surface area (Å²) in [5, 5.41) is 0.736. The SMILES string of the molecule is CS(=O)(=O)c1ccc(C2=C(c3ccc(Cl)c(Cl)c3)C(=O)OC2)cc1. The lowest BCUT2D eigenvalue weighted by Crippen LogP contribution is -1.99. The van der Waals surface area contributed by atoms with Gasteiger partial charge < -0.3 is 4.74 Å². The van der Waals surface area contributed by atoms with Crippen molar-refractivity contribution in [1.29, 1.82) is 0 Å². The first-order valence-corrected chi connectivity index (χ1v) is 9.58. The quantitative estimate of drug-likeness (QED) is 0.756. The van der Waals surface area contributed by atoms with E-state index in [1.54, 1.807) is 30.3 Å². The molecule has 0 N–H and O–H groups in total. The predicted octanol–water partition coefficient (Wildman–Crippen LogP) is 3.86. The molecule has 0 atom stereocenters. The molecule has 1 aliphatic heterocycles. The molecule has 0 bridgehead atoms. The second-order valence-electron chi connectivity index (χ2n) is 5.36. The van der Waals surface area contributed by atoms with Gasteiger partial charge in [0.05, 0.1) is 20.5 Å². The summed E-state index contributed by atoms with van der Waals surface area (Å²) >= 11 is 11.9. The van der Waals surface area contributed by atoms with Gasteiger partial charge in [-0.25, -0.2) is 13.2 Å². The van der Waals surface area contributed by atoms with E-state index in [0.717, 1.165) is 6.26 Å². The van der Waals surface area contributed by atoms with Crippen LogP contribution in [0.5, 0.6) is 0 Å². The molecule has 0 aromatic heterocycles. The van der Waals surface area contributed by atoms with Crippen molar-refractivity contribution in [3.05, 3.63) is 63.6 Å². The Labute approximate surface area is 149 Å². The van der Waals surface area contributed by atoms with Crippen LogP contribution in [0.3, 0.4) is 0 Å². The third kappa shape index (κ3) is 3.20. The van der Waals surface area contributed by atoms with E-state index in [-0.39, 0.29) is 11.5 Å². The maximum atomic E-state index is 12.1. The number of carbonyl (C=O) groups is 1. The monoisotopic (exact) mass is 382 g/mol. The molecule has 1 heterocycles. The molecule has 3 rings (SSSR count). The molecule has 124 valence electrons. The number of cyclic esters (lactones) is 1. The smallest absolute Gasteiger partial charge is 0.339 e. The van der Waals surface area contributed by atoms with Gasteiger partial charge in [-0.2, -0.15) is 0 Å². The number of halogens is 2. The highest BCUT2D eigenvalue weighted by Gasteiger charge is 2.27. The summed E-state index contributed by atoms with van der Waals surface area (Å²) in [6.45, 7) is 0.118. The van der Waals surface area contributed by atoms with Crippen LogP contribution >= 0.6 is 23.2 Å². The van der Waals surface area contributed by atoms with E-state index in [9.17, 15) is 13.2 Å². The molecule has 1 aliphatic rings. The van der Waals surface area contributed by atoms with E-state index >= 15 is 0 Å². The Morgan fingerprint density at radius 1 is 0.958 bits per heavy atom. The maximum absolute atomic E-state index is 12.1. The fraction of sp³-hybridized carbons (Fsp3) is 0.118. The summed E-state index contributed by atoms with van der Waals surface area (Å²) in [7, 11) is -3.28. The molecule has 2 aromatic carbocycles. The maximum Gasteiger partial charge on any atom is 0.339 e. The Kier molecular flexibility index (Phi) is 4.42. The first-order valence-electron chi connectivity index (χ1n) is 6.93. The van der Waals surface area contributed by atoms with Gasteiger partial charge in [-0.1, -0.05) is 41.4 Å². The molecule has 0 fully saturated rings. The van der Waals surface area contributed by atoms with Gasteiger partial charge in [0, 0.05) is 11.8 Å². The molecule has 2 aromatic rings. The number of hydrogen-bond donors (Lipinski definition) is 0. The van der Waals surface area contributed by atoms with Crippen LogP contribution in [-0.2, 0) is 19.4 Å². The van der Waals surface area contributed by atoms with Crippen molar-refractivity contribution in [3.63, 3.8) is 0 Å². The lowest BCUT2D eigenvalue weighted by Gasteiger charge is -2.07. The summed E-state index contributed by atoms with van der Waals surface area (Å²) in [5.74, 6) is -0.449. The Morgan fingerprint density at radius 2 is 1.58 bits per heavy atom. The predicted molar refractivity (Wildman–Crippen MR) is 93.8 cm³/mol. The molecular weight excluding hydrogens is 371 g/mol. The van der Waals surface area contributed by atoms with E-state index in [2.05, 4.69) is 0 Å². The second kappa shape index (κ2) is 6.24. The van der Waals surface area contributed by atoms with Gasteiger partial charge in [0.1, 0.15) is 6.61 Å². The fourth-order valence-electron chi connectivity index (χ4n) is 2.48. The van der Waals surface area contributed by atoms with E-state index in [1.807, 2.05) is 0 Å². The van der Waals surface area contributed by atoms with E-state index in [1.165, 1.54) is 12.1 Å². The van der Waals surface area contributed by atoms with Gasteiger partial charge in [-0.05, 0) is 35.4 Å². The van der Waals surface area contributed by atoms with Gasteiger partial charge in [0.25, 0.3) is 0 Å². The minimum atomic E-state index is -3.28. The number of esters is 1. The largest absolute Gasteiger partial charge is 0.457 e. The number of ether oxygens (including phenoxy) is 1. The van der Waals surface area contributed by atoms with Crippen LogP contribution in [0.4, 0.5) is 0 Å². The summed E-state index contributed by atoms with van der Waals surface area (Å²) in [5.41, 5.74) is 2.41. The zero-order chi connectivity index (χ0) is 17.5.